The minimum atomic E-state index is -1.26. The van der Waals surface area contributed by atoms with Gasteiger partial charge in [0.15, 0.2) is 0 Å². The SMILES string of the molecule is C=CCC1(C(C)CCC)C(=O)NC(=O)N=C1[O-]. The minimum Gasteiger partial charge on any atom is -0.861 e. The first-order valence-corrected chi connectivity index (χ1v) is 5.71. The van der Waals surface area contributed by atoms with Gasteiger partial charge in [0.25, 0.3) is 0 Å². The topological polar surface area (TPSA) is 81.6 Å². The number of hydrogen-bond acceptors (Lipinski definition) is 3. The van der Waals surface area contributed by atoms with Crippen LogP contribution < -0.4 is 10.4 Å². The molecule has 17 heavy (non-hydrogen) atoms. The highest BCUT2D eigenvalue weighted by Gasteiger charge is 2.45. The van der Waals surface area contributed by atoms with E-state index in [1.165, 1.54) is 6.08 Å². The summed E-state index contributed by atoms with van der Waals surface area (Å²) in [5.74, 6) is -1.37. The fraction of sp³-hybridized carbons (Fsp3) is 0.583. The van der Waals surface area contributed by atoms with Gasteiger partial charge in [0.1, 0.15) is 0 Å². The zero-order valence-electron chi connectivity index (χ0n) is 10.2. The number of carbonyl (C=O) groups excluding carboxylic acids is 2. The molecule has 5 heteroatoms. The summed E-state index contributed by atoms with van der Waals surface area (Å²) >= 11 is 0. The summed E-state index contributed by atoms with van der Waals surface area (Å²) in [7, 11) is 0. The van der Waals surface area contributed by atoms with E-state index in [9.17, 15) is 14.7 Å². The van der Waals surface area contributed by atoms with E-state index >= 15 is 0 Å². The van der Waals surface area contributed by atoms with E-state index in [1.54, 1.807) is 0 Å². The van der Waals surface area contributed by atoms with E-state index in [2.05, 4.69) is 16.9 Å². The number of urea groups is 1. The third kappa shape index (κ3) is 2.23. The number of allylic oxidation sites excluding steroid dienone is 1. The highest BCUT2D eigenvalue weighted by Crippen LogP contribution is 2.37. The van der Waals surface area contributed by atoms with Gasteiger partial charge in [0, 0.05) is 0 Å². The Kier molecular flexibility index (Phi) is 4.04. The van der Waals surface area contributed by atoms with Crippen LogP contribution in [0.25, 0.3) is 0 Å². The second kappa shape index (κ2) is 5.12. The molecule has 2 unspecified atom stereocenters. The Bertz CT molecular complexity index is 376. The Morgan fingerprint density at radius 3 is 2.71 bits per heavy atom. The monoisotopic (exact) mass is 237 g/mol. The molecule has 0 aromatic carbocycles. The van der Waals surface area contributed by atoms with E-state index in [4.69, 9.17) is 0 Å². The standard InChI is InChI=1S/C12H18N2O3/c1-4-6-8(3)12(7-5-2)9(15)13-11(17)14-10(12)16/h5,8H,2,4,6-7H2,1,3H3,(H2,13,14,15,16,17)/p-1. The Balaban J connectivity index is 3.21. The van der Waals surface area contributed by atoms with Crippen molar-refractivity contribution < 1.29 is 14.7 Å². The Morgan fingerprint density at radius 2 is 2.24 bits per heavy atom. The van der Waals surface area contributed by atoms with Crippen molar-refractivity contribution in [1.29, 1.82) is 0 Å². The highest BCUT2D eigenvalue weighted by molar-refractivity contribution is 6.16. The number of aliphatic imine (C=N–C) groups is 1. The van der Waals surface area contributed by atoms with Crippen LogP contribution in [-0.2, 0) is 4.79 Å². The Hall–Kier alpha value is -1.65. The largest absolute Gasteiger partial charge is 0.861 e. The van der Waals surface area contributed by atoms with Crippen LogP contribution in [0.3, 0.4) is 0 Å². The van der Waals surface area contributed by atoms with Crippen molar-refractivity contribution in [2.45, 2.75) is 33.1 Å². The van der Waals surface area contributed by atoms with E-state index in [0.29, 0.717) is 0 Å². The molecule has 0 spiro atoms. The number of carbonyl (C=O) groups is 2. The van der Waals surface area contributed by atoms with Crippen molar-refractivity contribution in [3.63, 3.8) is 0 Å². The maximum atomic E-state index is 12.0. The lowest BCUT2D eigenvalue weighted by atomic mass is 9.70. The van der Waals surface area contributed by atoms with Gasteiger partial charge in [-0.05, 0) is 24.7 Å². The van der Waals surface area contributed by atoms with Gasteiger partial charge < -0.3 is 5.11 Å². The predicted molar refractivity (Wildman–Crippen MR) is 62.3 cm³/mol. The predicted octanol–water partition coefficient (Wildman–Crippen LogP) is 0.994. The van der Waals surface area contributed by atoms with Crippen molar-refractivity contribution in [2.24, 2.45) is 16.3 Å². The third-order valence-corrected chi connectivity index (χ3v) is 3.24. The van der Waals surface area contributed by atoms with Crippen LogP contribution in [0.5, 0.6) is 0 Å². The molecule has 1 N–H and O–H groups in total. The summed E-state index contributed by atoms with van der Waals surface area (Å²) in [6, 6.07) is -0.872. The third-order valence-electron chi connectivity index (χ3n) is 3.24. The first kappa shape index (κ1) is 13.4. The van der Waals surface area contributed by atoms with Crippen LogP contribution in [-0.4, -0.2) is 17.8 Å². The van der Waals surface area contributed by atoms with Crippen LogP contribution in [0.4, 0.5) is 4.79 Å². The molecule has 0 fully saturated rings. The molecule has 1 aliphatic heterocycles. The first-order chi connectivity index (χ1) is 7.98. The second-order valence-corrected chi connectivity index (χ2v) is 4.33. The fourth-order valence-electron chi connectivity index (χ4n) is 2.25. The number of nitrogens with zero attached hydrogens (tertiary/aromatic N) is 1. The van der Waals surface area contributed by atoms with E-state index < -0.39 is 23.3 Å². The highest BCUT2D eigenvalue weighted by atomic mass is 16.3. The summed E-state index contributed by atoms with van der Waals surface area (Å²) in [5.41, 5.74) is -1.26. The van der Waals surface area contributed by atoms with Crippen LogP contribution >= 0.6 is 0 Å². The summed E-state index contributed by atoms with van der Waals surface area (Å²) < 4.78 is 0. The van der Waals surface area contributed by atoms with Gasteiger partial charge in [0.2, 0.25) is 5.91 Å². The van der Waals surface area contributed by atoms with Crippen LogP contribution in [0.1, 0.15) is 33.1 Å². The number of amides is 3. The van der Waals surface area contributed by atoms with Gasteiger partial charge in [0.05, 0.1) is 5.41 Å². The zero-order valence-corrected chi connectivity index (χ0v) is 10.2. The smallest absolute Gasteiger partial charge is 0.346 e. The van der Waals surface area contributed by atoms with E-state index in [0.717, 1.165) is 12.8 Å². The minimum absolute atomic E-state index is 0.171. The number of imide groups is 1. The zero-order chi connectivity index (χ0) is 13.1. The van der Waals surface area contributed by atoms with Crippen LogP contribution in [0.2, 0.25) is 0 Å². The number of rotatable bonds is 5. The molecule has 1 rings (SSSR count). The lowest BCUT2D eigenvalue weighted by Crippen LogP contribution is -2.59. The van der Waals surface area contributed by atoms with Crippen molar-refractivity contribution in [3.8, 4) is 0 Å². The maximum Gasteiger partial charge on any atom is 0.346 e. The van der Waals surface area contributed by atoms with Crippen LogP contribution in [0, 0.1) is 11.3 Å². The van der Waals surface area contributed by atoms with Gasteiger partial charge in [-0.2, -0.15) is 0 Å². The van der Waals surface area contributed by atoms with Gasteiger partial charge in [-0.15, -0.1) is 6.58 Å². The van der Waals surface area contributed by atoms with Crippen molar-refractivity contribution in [1.82, 2.24) is 5.32 Å². The molecule has 0 aromatic rings. The first-order valence-electron chi connectivity index (χ1n) is 5.71. The van der Waals surface area contributed by atoms with E-state index in [-0.39, 0.29) is 12.3 Å². The van der Waals surface area contributed by atoms with Crippen molar-refractivity contribution >= 4 is 17.8 Å². The van der Waals surface area contributed by atoms with Gasteiger partial charge in [-0.3, -0.25) is 10.1 Å². The normalized spacial score (nSPS) is 26.1. The van der Waals surface area contributed by atoms with Gasteiger partial charge >= 0.3 is 6.03 Å². The molecule has 0 bridgehead atoms. The molecule has 5 nitrogen and oxygen atoms in total. The van der Waals surface area contributed by atoms with Gasteiger partial charge in [-0.25, -0.2) is 9.79 Å². The van der Waals surface area contributed by atoms with E-state index in [1.807, 2.05) is 13.8 Å². The molecular formula is C12H17N2O3-. The molecule has 1 heterocycles. The lowest BCUT2D eigenvalue weighted by molar-refractivity contribution is -0.233. The maximum absolute atomic E-state index is 12.0. The fourth-order valence-corrected chi connectivity index (χ4v) is 2.25. The molecule has 0 aromatic heterocycles. The molecule has 2 atom stereocenters. The lowest BCUT2D eigenvalue weighted by Gasteiger charge is -2.42. The molecule has 0 aliphatic carbocycles. The average Bonchev–Trinajstić information content (AvgIpc) is 2.23. The quantitative estimate of drug-likeness (QED) is 0.724. The summed E-state index contributed by atoms with van der Waals surface area (Å²) in [6.07, 6.45) is 3.30. The second-order valence-electron chi connectivity index (χ2n) is 4.33. The Morgan fingerprint density at radius 1 is 1.59 bits per heavy atom. The Labute approximate surface area is 101 Å². The summed E-state index contributed by atoms with van der Waals surface area (Å²) in [6.45, 7) is 7.38. The summed E-state index contributed by atoms with van der Waals surface area (Å²) in [5, 5.41) is 14.1. The summed E-state index contributed by atoms with van der Waals surface area (Å²) in [4.78, 5) is 26.3. The molecule has 94 valence electrons. The van der Waals surface area contributed by atoms with Crippen molar-refractivity contribution in [3.05, 3.63) is 12.7 Å². The number of nitrogens with one attached hydrogen (secondary N) is 1. The molecule has 0 saturated carbocycles. The number of hydrogen-bond donors (Lipinski definition) is 1. The molecule has 0 radical (unpaired) electrons. The van der Waals surface area contributed by atoms with Gasteiger partial charge in [-0.1, -0.05) is 26.3 Å². The van der Waals surface area contributed by atoms with Crippen molar-refractivity contribution in [2.75, 3.05) is 0 Å². The molecule has 3 amide bonds. The molecule has 1 aliphatic rings. The molecular weight excluding hydrogens is 220 g/mol. The average molecular weight is 237 g/mol. The molecule has 0 saturated heterocycles. The van der Waals surface area contributed by atoms with Crippen LogP contribution in [0.15, 0.2) is 17.6 Å².